The van der Waals surface area contributed by atoms with Crippen molar-refractivity contribution in [3.8, 4) is 0 Å². The smallest absolute Gasteiger partial charge is 0.223 e. The molecule has 1 rings (SSSR count). The van der Waals surface area contributed by atoms with Gasteiger partial charge in [0, 0.05) is 12.5 Å². The minimum atomic E-state index is -0.484. The third kappa shape index (κ3) is 3.30. The van der Waals surface area contributed by atoms with Gasteiger partial charge in [-0.1, -0.05) is 44.2 Å². The van der Waals surface area contributed by atoms with E-state index in [0.29, 0.717) is 6.54 Å². The number of benzene rings is 1. The van der Waals surface area contributed by atoms with E-state index in [1.165, 1.54) is 0 Å². The maximum Gasteiger partial charge on any atom is 0.223 e. The maximum atomic E-state index is 12.0. The van der Waals surface area contributed by atoms with Crippen molar-refractivity contribution in [1.82, 2.24) is 5.32 Å². The summed E-state index contributed by atoms with van der Waals surface area (Å²) in [5, 5.41) is 3.05. The van der Waals surface area contributed by atoms with Gasteiger partial charge in [-0.05, 0) is 18.9 Å². The van der Waals surface area contributed by atoms with E-state index in [-0.39, 0.29) is 11.8 Å². The molecule has 3 nitrogen and oxygen atoms in total. The van der Waals surface area contributed by atoms with Crippen molar-refractivity contribution in [2.45, 2.75) is 32.7 Å². The lowest BCUT2D eigenvalue weighted by Gasteiger charge is -2.31. The molecule has 1 aromatic rings. The second kappa shape index (κ2) is 5.82. The van der Waals surface area contributed by atoms with Crippen molar-refractivity contribution in [1.29, 1.82) is 0 Å². The molecule has 0 radical (unpaired) electrons. The Labute approximate surface area is 103 Å². The SMILES string of the molecule is CCC(C)C(=O)NC(C)(CN)c1ccccc1. The van der Waals surface area contributed by atoms with E-state index in [4.69, 9.17) is 5.73 Å². The zero-order valence-electron chi connectivity index (χ0n) is 10.9. The molecule has 0 bridgehead atoms. The van der Waals surface area contributed by atoms with Crippen molar-refractivity contribution < 1.29 is 4.79 Å². The van der Waals surface area contributed by atoms with Crippen molar-refractivity contribution in [2.24, 2.45) is 11.7 Å². The highest BCUT2D eigenvalue weighted by Crippen LogP contribution is 2.20. The fourth-order valence-electron chi connectivity index (χ4n) is 1.63. The summed E-state index contributed by atoms with van der Waals surface area (Å²) >= 11 is 0. The molecule has 0 saturated heterocycles. The molecule has 0 heterocycles. The molecule has 3 N–H and O–H groups in total. The van der Waals surface area contributed by atoms with Gasteiger partial charge in [-0.3, -0.25) is 4.79 Å². The van der Waals surface area contributed by atoms with E-state index in [0.717, 1.165) is 12.0 Å². The molecule has 0 aromatic heterocycles. The van der Waals surface area contributed by atoms with Crippen LogP contribution in [0.1, 0.15) is 32.8 Å². The second-order valence-corrected chi connectivity index (χ2v) is 4.70. The number of nitrogens with two attached hydrogens (primary N) is 1. The zero-order chi connectivity index (χ0) is 12.9. The summed E-state index contributed by atoms with van der Waals surface area (Å²) in [4.78, 5) is 12.0. The minimum Gasteiger partial charge on any atom is -0.345 e. The third-order valence-corrected chi connectivity index (χ3v) is 3.28. The van der Waals surface area contributed by atoms with E-state index >= 15 is 0 Å². The number of hydrogen-bond acceptors (Lipinski definition) is 2. The van der Waals surface area contributed by atoms with Crippen LogP contribution in [0, 0.1) is 5.92 Å². The number of amides is 1. The van der Waals surface area contributed by atoms with Crippen LogP contribution in [0.3, 0.4) is 0 Å². The Morgan fingerprint density at radius 3 is 2.47 bits per heavy atom. The molecule has 3 heteroatoms. The van der Waals surface area contributed by atoms with Crippen LogP contribution in [0.15, 0.2) is 30.3 Å². The summed E-state index contributed by atoms with van der Waals surface area (Å²) in [5.74, 6) is 0.0777. The maximum absolute atomic E-state index is 12.0. The van der Waals surface area contributed by atoms with Crippen molar-refractivity contribution in [3.05, 3.63) is 35.9 Å². The molecule has 94 valence electrons. The Hall–Kier alpha value is -1.35. The molecule has 2 atom stereocenters. The Morgan fingerprint density at radius 2 is 2.00 bits per heavy atom. The highest BCUT2D eigenvalue weighted by Gasteiger charge is 2.28. The van der Waals surface area contributed by atoms with Crippen LogP contribution in [-0.4, -0.2) is 12.5 Å². The third-order valence-electron chi connectivity index (χ3n) is 3.28. The number of carbonyl (C=O) groups excluding carboxylic acids is 1. The molecule has 1 aromatic carbocycles. The number of carbonyl (C=O) groups is 1. The van der Waals surface area contributed by atoms with Gasteiger partial charge < -0.3 is 11.1 Å². The van der Waals surface area contributed by atoms with Gasteiger partial charge in [0.2, 0.25) is 5.91 Å². The van der Waals surface area contributed by atoms with Gasteiger partial charge in [0.15, 0.2) is 0 Å². The topological polar surface area (TPSA) is 55.1 Å². The van der Waals surface area contributed by atoms with E-state index in [1.807, 2.05) is 51.1 Å². The van der Waals surface area contributed by atoms with Crippen LogP contribution in [0.25, 0.3) is 0 Å². The number of hydrogen-bond donors (Lipinski definition) is 2. The van der Waals surface area contributed by atoms with Crippen LogP contribution in [0.2, 0.25) is 0 Å². The Morgan fingerprint density at radius 1 is 1.41 bits per heavy atom. The van der Waals surface area contributed by atoms with Crippen LogP contribution in [0.5, 0.6) is 0 Å². The molecule has 0 saturated carbocycles. The van der Waals surface area contributed by atoms with Gasteiger partial charge in [-0.2, -0.15) is 0 Å². The number of rotatable bonds is 5. The fraction of sp³-hybridized carbons (Fsp3) is 0.500. The molecular formula is C14H22N2O. The van der Waals surface area contributed by atoms with E-state index in [2.05, 4.69) is 5.32 Å². The summed E-state index contributed by atoms with van der Waals surface area (Å²) in [5.41, 5.74) is 6.37. The van der Waals surface area contributed by atoms with Gasteiger partial charge in [0.05, 0.1) is 5.54 Å². The van der Waals surface area contributed by atoms with Crippen LogP contribution in [0.4, 0.5) is 0 Å². The fourth-order valence-corrected chi connectivity index (χ4v) is 1.63. The monoisotopic (exact) mass is 234 g/mol. The van der Waals surface area contributed by atoms with Crippen molar-refractivity contribution >= 4 is 5.91 Å². The standard InChI is InChI=1S/C14H22N2O/c1-4-11(2)13(17)16-14(3,10-15)12-8-6-5-7-9-12/h5-9,11H,4,10,15H2,1-3H3,(H,16,17). The molecule has 17 heavy (non-hydrogen) atoms. The lowest BCUT2D eigenvalue weighted by molar-refractivity contribution is -0.126. The van der Waals surface area contributed by atoms with E-state index in [1.54, 1.807) is 0 Å². The lowest BCUT2D eigenvalue weighted by Crippen LogP contribution is -2.50. The van der Waals surface area contributed by atoms with Gasteiger partial charge in [0.1, 0.15) is 0 Å². The normalized spacial score (nSPS) is 16.0. The summed E-state index contributed by atoms with van der Waals surface area (Å²) in [6.45, 7) is 6.28. The second-order valence-electron chi connectivity index (χ2n) is 4.70. The Balaban J connectivity index is 2.87. The highest BCUT2D eigenvalue weighted by atomic mass is 16.2. The van der Waals surface area contributed by atoms with Gasteiger partial charge in [-0.15, -0.1) is 0 Å². The predicted molar refractivity (Wildman–Crippen MR) is 70.4 cm³/mol. The van der Waals surface area contributed by atoms with Crippen LogP contribution in [-0.2, 0) is 10.3 Å². The first-order chi connectivity index (χ1) is 8.03. The first-order valence-corrected chi connectivity index (χ1v) is 6.11. The average molecular weight is 234 g/mol. The first kappa shape index (κ1) is 13.7. The predicted octanol–water partition coefficient (Wildman–Crippen LogP) is 2.02. The quantitative estimate of drug-likeness (QED) is 0.819. The molecule has 2 unspecified atom stereocenters. The van der Waals surface area contributed by atoms with Crippen molar-refractivity contribution in [2.75, 3.05) is 6.54 Å². The Kier molecular flexibility index (Phi) is 4.70. The molecule has 0 aliphatic rings. The summed E-state index contributed by atoms with van der Waals surface area (Å²) in [6.07, 6.45) is 0.835. The molecule has 0 spiro atoms. The van der Waals surface area contributed by atoms with Gasteiger partial charge in [0.25, 0.3) is 0 Å². The average Bonchev–Trinajstić information content (AvgIpc) is 2.38. The summed E-state index contributed by atoms with van der Waals surface area (Å²) < 4.78 is 0. The molecule has 0 aliphatic carbocycles. The van der Waals surface area contributed by atoms with E-state index in [9.17, 15) is 4.79 Å². The van der Waals surface area contributed by atoms with Gasteiger partial charge >= 0.3 is 0 Å². The van der Waals surface area contributed by atoms with E-state index < -0.39 is 5.54 Å². The molecule has 0 fully saturated rings. The lowest BCUT2D eigenvalue weighted by atomic mass is 9.91. The van der Waals surface area contributed by atoms with Crippen LogP contribution < -0.4 is 11.1 Å². The van der Waals surface area contributed by atoms with Crippen LogP contribution >= 0.6 is 0 Å². The molecular weight excluding hydrogens is 212 g/mol. The highest BCUT2D eigenvalue weighted by molar-refractivity contribution is 5.79. The Bertz CT molecular complexity index is 364. The number of nitrogens with one attached hydrogen (secondary N) is 1. The molecule has 1 amide bonds. The zero-order valence-corrected chi connectivity index (χ0v) is 10.9. The minimum absolute atomic E-state index is 0.0181. The summed E-state index contributed by atoms with van der Waals surface area (Å²) in [6, 6.07) is 9.85. The van der Waals surface area contributed by atoms with Crippen molar-refractivity contribution in [3.63, 3.8) is 0 Å². The first-order valence-electron chi connectivity index (χ1n) is 6.11. The summed E-state index contributed by atoms with van der Waals surface area (Å²) in [7, 11) is 0. The molecule has 0 aliphatic heterocycles. The van der Waals surface area contributed by atoms with Gasteiger partial charge in [-0.25, -0.2) is 0 Å². The largest absolute Gasteiger partial charge is 0.345 e.